The van der Waals surface area contributed by atoms with Crippen LogP contribution in [0.15, 0.2) is 23.0 Å². The maximum Gasteiger partial charge on any atom is 0.246 e. The molecule has 0 aliphatic heterocycles. The smallest absolute Gasteiger partial charge is 0.246 e. The van der Waals surface area contributed by atoms with E-state index in [2.05, 4.69) is 52.3 Å². The van der Waals surface area contributed by atoms with E-state index in [0.29, 0.717) is 24.4 Å². The monoisotopic (exact) mass is 288 g/mol. The first-order chi connectivity index (χ1) is 10.3. The maximum atomic E-state index is 5.34. The number of aromatic nitrogens is 3. The van der Waals surface area contributed by atoms with E-state index in [1.54, 1.807) is 0 Å². The van der Waals surface area contributed by atoms with Crippen LogP contribution in [-0.2, 0) is 6.54 Å². The van der Waals surface area contributed by atoms with Gasteiger partial charge in [0.2, 0.25) is 5.89 Å². The van der Waals surface area contributed by atoms with Crippen LogP contribution < -0.4 is 5.32 Å². The molecule has 0 saturated heterocycles. The van der Waals surface area contributed by atoms with Crippen molar-refractivity contribution >= 4 is 0 Å². The van der Waals surface area contributed by atoms with Crippen molar-refractivity contribution in [1.29, 1.82) is 0 Å². The zero-order valence-corrected chi connectivity index (χ0v) is 12.9. The summed E-state index contributed by atoms with van der Waals surface area (Å²) in [5.41, 5.74) is 1.33. The van der Waals surface area contributed by atoms with Crippen molar-refractivity contribution in [3.8, 4) is 0 Å². The lowest BCUT2D eigenvalue weighted by molar-refractivity contribution is 0.366. The first-order valence-electron chi connectivity index (χ1n) is 8.01. The van der Waals surface area contributed by atoms with Crippen molar-refractivity contribution in [3.05, 3.63) is 35.7 Å². The Morgan fingerprint density at radius 2 is 2.29 bits per heavy atom. The third-order valence-electron chi connectivity index (χ3n) is 3.95. The van der Waals surface area contributed by atoms with Crippen LogP contribution >= 0.6 is 0 Å². The van der Waals surface area contributed by atoms with Crippen LogP contribution in [0.1, 0.15) is 68.8 Å². The van der Waals surface area contributed by atoms with E-state index in [-0.39, 0.29) is 0 Å². The van der Waals surface area contributed by atoms with E-state index in [0.717, 1.165) is 18.8 Å². The molecule has 1 N–H and O–H groups in total. The molecule has 5 nitrogen and oxygen atoms in total. The van der Waals surface area contributed by atoms with Gasteiger partial charge in [-0.1, -0.05) is 25.4 Å². The summed E-state index contributed by atoms with van der Waals surface area (Å²) in [7, 11) is 0. The SMILES string of the molecule is CCCC(NCC)c1ccn(Cc2nc(C3CC3)no2)c1. The predicted octanol–water partition coefficient (Wildman–Crippen LogP) is 3.25. The zero-order chi connectivity index (χ0) is 14.7. The number of hydrogen-bond donors (Lipinski definition) is 1. The topological polar surface area (TPSA) is 55.9 Å². The van der Waals surface area contributed by atoms with Crippen LogP contribution in [0.25, 0.3) is 0 Å². The van der Waals surface area contributed by atoms with E-state index in [1.165, 1.54) is 24.8 Å². The maximum absolute atomic E-state index is 5.34. The lowest BCUT2D eigenvalue weighted by Gasteiger charge is -2.15. The van der Waals surface area contributed by atoms with Crippen molar-refractivity contribution in [1.82, 2.24) is 20.0 Å². The highest BCUT2D eigenvalue weighted by Crippen LogP contribution is 2.38. The molecule has 2 heterocycles. The first kappa shape index (κ1) is 14.3. The Hall–Kier alpha value is -1.62. The van der Waals surface area contributed by atoms with Crippen molar-refractivity contribution < 1.29 is 4.52 Å². The fourth-order valence-corrected chi connectivity index (χ4v) is 2.68. The highest BCUT2D eigenvalue weighted by Gasteiger charge is 2.28. The van der Waals surface area contributed by atoms with Crippen LogP contribution in [0, 0.1) is 0 Å². The highest BCUT2D eigenvalue weighted by molar-refractivity contribution is 5.16. The number of rotatable bonds is 8. The number of nitrogens with one attached hydrogen (secondary N) is 1. The molecule has 0 aromatic carbocycles. The van der Waals surface area contributed by atoms with Gasteiger partial charge in [0.15, 0.2) is 5.82 Å². The number of nitrogens with zero attached hydrogens (tertiary/aromatic N) is 3. The second kappa shape index (κ2) is 6.43. The number of hydrogen-bond acceptors (Lipinski definition) is 4. The Bertz CT molecular complexity index is 564. The molecule has 1 atom stereocenters. The standard InChI is InChI=1S/C16H24N4O/c1-3-5-14(17-4-2)13-8-9-20(10-13)11-15-18-16(19-21-15)12-6-7-12/h8-10,12,14,17H,3-7,11H2,1-2H3. The van der Waals surface area contributed by atoms with Gasteiger partial charge in [-0.05, 0) is 37.4 Å². The summed E-state index contributed by atoms with van der Waals surface area (Å²) in [5, 5.41) is 7.60. The fraction of sp³-hybridized carbons (Fsp3) is 0.625. The van der Waals surface area contributed by atoms with Gasteiger partial charge in [-0.3, -0.25) is 0 Å². The first-order valence-corrected chi connectivity index (χ1v) is 8.01. The van der Waals surface area contributed by atoms with Gasteiger partial charge in [0.05, 0.1) is 0 Å². The molecule has 1 fully saturated rings. The molecule has 0 spiro atoms. The largest absolute Gasteiger partial charge is 0.345 e. The zero-order valence-electron chi connectivity index (χ0n) is 12.9. The molecule has 1 saturated carbocycles. The van der Waals surface area contributed by atoms with Crippen LogP contribution in [-0.4, -0.2) is 21.3 Å². The summed E-state index contributed by atoms with van der Waals surface area (Å²) < 4.78 is 7.46. The lowest BCUT2D eigenvalue weighted by Crippen LogP contribution is -2.20. The molecule has 2 aromatic heterocycles. The van der Waals surface area contributed by atoms with Crippen molar-refractivity contribution in [2.75, 3.05) is 6.54 Å². The van der Waals surface area contributed by atoms with E-state index < -0.39 is 0 Å². The van der Waals surface area contributed by atoms with E-state index >= 15 is 0 Å². The van der Waals surface area contributed by atoms with Crippen molar-refractivity contribution in [3.63, 3.8) is 0 Å². The molecule has 5 heteroatoms. The van der Waals surface area contributed by atoms with Gasteiger partial charge in [-0.25, -0.2) is 0 Å². The van der Waals surface area contributed by atoms with Gasteiger partial charge in [0, 0.05) is 24.4 Å². The summed E-state index contributed by atoms with van der Waals surface area (Å²) in [4.78, 5) is 4.48. The summed E-state index contributed by atoms with van der Waals surface area (Å²) in [6, 6.07) is 2.62. The van der Waals surface area contributed by atoms with E-state index in [4.69, 9.17) is 4.52 Å². The Kier molecular flexibility index (Phi) is 4.39. The minimum absolute atomic E-state index is 0.436. The Morgan fingerprint density at radius 1 is 1.43 bits per heavy atom. The molecule has 1 aliphatic rings. The van der Waals surface area contributed by atoms with Gasteiger partial charge < -0.3 is 14.4 Å². The average molecular weight is 288 g/mol. The molecular formula is C16H24N4O. The minimum atomic E-state index is 0.436. The molecule has 114 valence electrons. The summed E-state index contributed by atoms with van der Waals surface area (Å²) in [5.74, 6) is 2.13. The fourth-order valence-electron chi connectivity index (χ4n) is 2.68. The predicted molar refractivity (Wildman–Crippen MR) is 81.1 cm³/mol. The quantitative estimate of drug-likeness (QED) is 0.810. The van der Waals surface area contributed by atoms with Crippen molar-refractivity contribution in [2.45, 2.75) is 58.0 Å². The molecule has 1 unspecified atom stereocenters. The van der Waals surface area contributed by atoms with Crippen molar-refractivity contribution in [2.24, 2.45) is 0 Å². The molecule has 0 bridgehead atoms. The van der Waals surface area contributed by atoms with Crippen LogP contribution in [0.2, 0.25) is 0 Å². The third-order valence-corrected chi connectivity index (χ3v) is 3.95. The second-order valence-electron chi connectivity index (χ2n) is 5.84. The van der Waals surface area contributed by atoms with Crippen LogP contribution in [0.5, 0.6) is 0 Å². The lowest BCUT2D eigenvalue weighted by atomic mass is 10.1. The van der Waals surface area contributed by atoms with Gasteiger partial charge in [0.25, 0.3) is 0 Å². The summed E-state index contributed by atoms with van der Waals surface area (Å²) >= 11 is 0. The van der Waals surface area contributed by atoms with E-state index in [1.807, 2.05) is 0 Å². The Labute approximate surface area is 125 Å². The Balaban J connectivity index is 1.65. The van der Waals surface area contributed by atoms with Gasteiger partial charge in [-0.15, -0.1) is 0 Å². The van der Waals surface area contributed by atoms with E-state index in [9.17, 15) is 0 Å². The highest BCUT2D eigenvalue weighted by atomic mass is 16.5. The molecule has 3 rings (SSSR count). The third kappa shape index (κ3) is 3.53. The molecular weight excluding hydrogens is 264 g/mol. The average Bonchev–Trinajstić information content (AvgIpc) is 3.05. The molecule has 0 amide bonds. The second-order valence-corrected chi connectivity index (χ2v) is 5.84. The van der Waals surface area contributed by atoms with Gasteiger partial charge in [-0.2, -0.15) is 4.98 Å². The van der Waals surface area contributed by atoms with Gasteiger partial charge >= 0.3 is 0 Å². The van der Waals surface area contributed by atoms with Crippen LogP contribution in [0.3, 0.4) is 0 Å². The Morgan fingerprint density at radius 3 is 3.00 bits per heavy atom. The molecule has 1 aliphatic carbocycles. The van der Waals surface area contributed by atoms with Crippen LogP contribution in [0.4, 0.5) is 0 Å². The minimum Gasteiger partial charge on any atom is -0.345 e. The molecule has 0 radical (unpaired) electrons. The van der Waals surface area contributed by atoms with Gasteiger partial charge in [0.1, 0.15) is 6.54 Å². The molecule has 2 aromatic rings. The molecule has 21 heavy (non-hydrogen) atoms. The normalized spacial score (nSPS) is 16.3. The summed E-state index contributed by atoms with van der Waals surface area (Å²) in [6.45, 7) is 6.02. The summed E-state index contributed by atoms with van der Waals surface area (Å²) in [6.07, 6.45) is 9.02.